The van der Waals surface area contributed by atoms with Crippen LogP contribution >= 0.6 is 11.6 Å². The van der Waals surface area contributed by atoms with Crippen molar-refractivity contribution in [3.05, 3.63) is 52.8 Å². The highest BCUT2D eigenvalue weighted by atomic mass is 35.5. The average molecular weight is 423 g/mol. The van der Waals surface area contributed by atoms with E-state index in [0.717, 1.165) is 46.9 Å². The van der Waals surface area contributed by atoms with Crippen LogP contribution in [0.3, 0.4) is 0 Å². The summed E-state index contributed by atoms with van der Waals surface area (Å²) < 4.78 is 14.8. The third kappa shape index (κ3) is 2.86. The molecule has 4 aromatic rings. The zero-order chi connectivity index (χ0) is 20.2. The van der Waals surface area contributed by atoms with Gasteiger partial charge in [0, 0.05) is 41.8 Å². The van der Waals surface area contributed by atoms with Crippen LogP contribution in [0.1, 0.15) is 35.8 Å². The normalized spacial score (nSPS) is 14.9. The van der Waals surface area contributed by atoms with Gasteiger partial charge in [0.15, 0.2) is 11.5 Å². The summed E-state index contributed by atoms with van der Waals surface area (Å²) in [5, 5.41) is 9.65. The van der Waals surface area contributed by atoms with Gasteiger partial charge >= 0.3 is 0 Å². The molecular formula is C21H19ClN6O2. The van der Waals surface area contributed by atoms with Gasteiger partial charge in [0.25, 0.3) is 5.89 Å². The lowest BCUT2D eigenvalue weighted by Gasteiger charge is -2.10. The largest absolute Gasteiger partial charge is 0.383 e. The number of ether oxygens (including phenoxy) is 1. The van der Waals surface area contributed by atoms with Gasteiger partial charge in [-0.1, -0.05) is 16.8 Å². The number of methoxy groups -OCH3 is 1. The monoisotopic (exact) mass is 422 g/mol. The van der Waals surface area contributed by atoms with E-state index in [1.807, 2.05) is 29.2 Å². The fourth-order valence-electron chi connectivity index (χ4n) is 3.97. The molecule has 4 heterocycles. The first-order valence-electron chi connectivity index (χ1n) is 9.97. The molecule has 1 saturated carbocycles. The number of hydrogen-bond donors (Lipinski definition) is 0. The van der Waals surface area contributed by atoms with Crippen LogP contribution in [0, 0.1) is 0 Å². The van der Waals surface area contributed by atoms with Crippen LogP contribution < -0.4 is 0 Å². The zero-order valence-corrected chi connectivity index (χ0v) is 17.1. The van der Waals surface area contributed by atoms with Crippen molar-refractivity contribution >= 4 is 11.6 Å². The predicted molar refractivity (Wildman–Crippen MR) is 110 cm³/mol. The fourth-order valence-corrected chi connectivity index (χ4v) is 4.15. The Morgan fingerprint density at radius 3 is 3.00 bits per heavy atom. The van der Waals surface area contributed by atoms with Gasteiger partial charge in [-0.15, -0.1) is 0 Å². The van der Waals surface area contributed by atoms with E-state index in [-0.39, 0.29) is 0 Å². The first-order chi connectivity index (χ1) is 14.7. The standard InChI is InChI=1S/C21H19ClN6O2/c1-29-7-6-27-10-13-8-17-19(21-24-20(26-30-21)12-2-3-12)23-11-28(17)16-5-4-14(22)9-15(16)18(13)25-27/h4-5,9-12H,2-3,6-8H2,1H3. The smallest absolute Gasteiger partial charge is 0.278 e. The number of nitrogens with zero attached hydrogens (tertiary/aromatic N) is 6. The van der Waals surface area contributed by atoms with Gasteiger partial charge in [-0.3, -0.25) is 4.68 Å². The number of fused-ring (bicyclic) bond motifs is 5. The summed E-state index contributed by atoms with van der Waals surface area (Å²) in [6.07, 6.45) is 6.76. The topological polar surface area (TPSA) is 83.8 Å². The van der Waals surface area contributed by atoms with Crippen LogP contribution in [-0.4, -0.2) is 43.2 Å². The van der Waals surface area contributed by atoms with Crippen LogP contribution in [0.15, 0.2) is 35.2 Å². The van der Waals surface area contributed by atoms with Gasteiger partial charge in [-0.2, -0.15) is 10.1 Å². The van der Waals surface area contributed by atoms with Crippen molar-refractivity contribution in [2.45, 2.75) is 31.7 Å². The van der Waals surface area contributed by atoms with Crippen molar-refractivity contribution in [1.29, 1.82) is 0 Å². The number of hydrogen-bond acceptors (Lipinski definition) is 6. The number of benzene rings is 1. The zero-order valence-electron chi connectivity index (χ0n) is 16.4. The van der Waals surface area contributed by atoms with Crippen molar-refractivity contribution in [2.75, 3.05) is 13.7 Å². The Morgan fingerprint density at radius 1 is 1.27 bits per heavy atom. The molecular weight excluding hydrogens is 404 g/mol. The minimum Gasteiger partial charge on any atom is -0.383 e. The maximum Gasteiger partial charge on any atom is 0.278 e. The lowest BCUT2D eigenvalue weighted by atomic mass is 10.0. The number of rotatable bonds is 5. The van der Waals surface area contributed by atoms with E-state index in [0.29, 0.717) is 42.1 Å². The van der Waals surface area contributed by atoms with Crippen molar-refractivity contribution in [2.24, 2.45) is 0 Å². The Hall–Kier alpha value is -2.97. The third-order valence-electron chi connectivity index (χ3n) is 5.65. The summed E-state index contributed by atoms with van der Waals surface area (Å²) in [6, 6.07) is 5.84. The van der Waals surface area contributed by atoms with Crippen molar-refractivity contribution < 1.29 is 9.26 Å². The summed E-state index contributed by atoms with van der Waals surface area (Å²) >= 11 is 6.34. The third-order valence-corrected chi connectivity index (χ3v) is 5.88. The Morgan fingerprint density at radius 2 is 2.17 bits per heavy atom. The Labute approximate surface area is 177 Å². The average Bonchev–Trinajstić information content (AvgIpc) is 3.19. The number of aromatic nitrogens is 6. The van der Waals surface area contributed by atoms with E-state index in [9.17, 15) is 0 Å². The van der Waals surface area contributed by atoms with E-state index >= 15 is 0 Å². The molecule has 0 unspecified atom stereocenters. The molecule has 0 N–H and O–H groups in total. The summed E-state index contributed by atoms with van der Waals surface area (Å²) in [4.78, 5) is 9.25. The Balaban J connectivity index is 1.51. The molecule has 0 saturated heterocycles. The summed E-state index contributed by atoms with van der Waals surface area (Å²) in [7, 11) is 1.69. The summed E-state index contributed by atoms with van der Waals surface area (Å²) in [5.41, 5.74) is 5.67. The second kappa shape index (κ2) is 6.78. The second-order valence-corrected chi connectivity index (χ2v) is 8.18. The highest BCUT2D eigenvalue weighted by molar-refractivity contribution is 6.31. The molecule has 1 fully saturated rings. The molecule has 9 heteroatoms. The maximum atomic E-state index is 6.34. The Bertz CT molecular complexity index is 1250. The highest BCUT2D eigenvalue weighted by Gasteiger charge is 2.31. The van der Waals surface area contributed by atoms with Crippen molar-refractivity contribution in [3.8, 4) is 28.5 Å². The summed E-state index contributed by atoms with van der Waals surface area (Å²) in [5.74, 6) is 1.68. The minimum atomic E-state index is 0.428. The molecule has 6 rings (SSSR count). The minimum absolute atomic E-state index is 0.428. The highest BCUT2D eigenvalue weighted by Crippen LogP contribution is 2.41. The number of imidazole rings is 1. The van der Waals surface area contributed by atoms with Crippen LogP contribution in [0.5, 0.6) is 0 Å². The first-order valence-corrected chi connectivity index (χ1v) is 10.3. The molecule has 30 heavy (non-hydrogen) atoms. The van der Waals surface area contributed by atoms with Crippen LogP contribution in [0.4, 0.5) is 0 Å². The van der Waals surface area contributed by atoms with Gasteiger partial charge in [-0.25, -0.2) is 4.98 Å². The quantitative estimate of drug-likeness (QED) is 0.427. The predicted octanol–water partition coefficient (Wildman–Crippen LogP) is 3.87. The molecule has 0 atom stereocenters. The lowest BCUT2D eigenvalue weighted by Crippen LogP contribution is -2.05. The van der Waals surface area contributed by atoms with Gasteiger partial charge in [0.2, 0.25) is 0 Å². The molecule has 152 valence electrons. The van der Waals surface area contributed by atoms with Gasteiger partial charge in [-0.05, 0) is 31.0 Å². The summed E-state index contributed by atoms with van der Waals surface area (Å²) in [6.45, 7) is 1.28. The van der Waals surface area contributed by atoms with Gasteiger partial charge < -0.3 is 13.8 Å². The van der Waals surface area contributed by atoms with E-state index in [2.05, 4.69) is 25.9 Å². The molecule has 1 aliphatic heterocycles. The SMILES string of the molecule is COCCn1cc2c(n1)-c1cc(Cl)ccc1-n1cnc(-c3nc(C4CC4)no3)c1C2. The molecule has 3 aromatic heterocycles. The van der Waals surface area contributed by atoms with E-state index in [1.165, 1.54) is 0 Å². The van der Waals surface area contributed by atoms with E-state index in [4.69, 9.17) is 26.0 Å². The molecule has 1 aromatic carbocycles. The van der Waals surface area contributed by atoms with E-state index < -0.39 is 0 Å². The van der Waals surface area contributed by atoms with Crippen molar-refractivity contribution in [1.82, 2.24) is 29.5 Å². The molecule has 0 bridgehead atoms. The van der Waals surface area contributed by atoms with Gasteiger partial charge in [0.1, 0.15) is 6.33 Å². The molecule has 8 nitrogen and oxygen atoms in total. The number of halogens is 1. The Kier molecular flexibility index (Phi) is 4.04. The second-order valence-electron chi connectivity index (χ2n) is 7.74. The van der Waals surface area contributed by atoms with Crippen LogP contribution in [0.2, 0.25) is 5.02 Å². The van der Waals surface area contributed by atoms with Crippen LogP contribution in [0.25, 0.3) is 28.5 Å². The maximum absolute atomic E-state index is 6.34. The molecule has 2 aliphatic rings. The van der Waals surface area contributed by atoms with Crippen molar-refractivity contribution in [3.63, 3.8) is 0 Å². The molecule has 0 amide bonds. The fraction of sp³-hybridized carbons (Fsp3) is 0.333. The van der Waals surface area contributed by atoms with Gasteiger partial charge in [0.05, 0.1) is 30.2 Å². The molecule has 0 radical (unpaired) electrons. The molecule has 1 aliphatic carbocycles. The van der Waals surface area contributed by atoms with E-state index in [1.54, 1.807) is 7.11 Å². The molecule has 0 spiro atoms. The first kappa shape index (κ1) is 17.9. The lowest BCUT2D eigenvalue weighted by molar-refractivity contribution is 0.183. The van der Waals surface area contributed by atoms with Crippen LogP contribution in [-0.2, 0) is 17.7 Å².